The van der Waals surface area contributed by atoms with Gasteiger partial charge in [0.15, 0.2) is 0 Å². The normalized spacial score (nSPS) is 10.8. The standard InChI is InChI=1S/C30H20Br2O/c31-24-15-11-22(12-16-24)28-26(20-7-3-1-4-8-20)19-27(21-9-5-2-6-10-21)29(30(28)33)23-13-17-25(32)18-14-23/h1-19,33H. The lowest BCUT2D eigenvalue weighted by atomic mass is 9.84. The number of benzene rings is 5. The molecule has 1 nitrogen and oxygen atoms in total. The van der Waals surface area contributed by atoms with Crippen molar-refractivity contribution in [1.82, 2.24) is 0 Å². The Morgan fingerprint density at radius 1 is 0.424 bits per heavy atom. The lowest BCUT2D eigenvalue weighted by molar-refractivity contribution is 0.480. The summed E-state index contributed by atoms with van der Waals surface area (Å²) >= 11 is 7.07. The molecular weight excluding hydrogens is 536 g/mol. The topological polar surface area (TPSA) is 20.2 Å². The maximum atomic E-state index is 11.9. The fourth-order valence-electron chi connectivity index (χ4n) is 4.18. The zero-order valence-electron chi connectivity index (χ0n) is 17.7. The second kappa shape index (κ2) is 9.38. The van der Waals surface area contributed by atoms with Crippen molar-refractivity contribution >= 4 is 31.9 Å². The Morgan fingerprint density at radius 2 is 0.788 bits per heavy atom. The minimum atomic E-state index is 0.278. The van der Waals surface area contributed by atoms with Gasteiger partial charge in [0.25, 0.3) is 0 Å². The number of phenols is 1. The van der Waals surface area contributed by atoms with Gasteiger partial charge in [-0.05, 0) is 63.7 Å². The molecule has 3 heteroatoms. The summed E-state index contributed by atoms with van der Waals surface area (Å²) in [4.78, 5) is 0. The van der Waals surface area contributed by atoms with E-state index in [4.69, 9.17) is 0 Å². The van der Waals surface area contributed by atoms with E-state index in [-0.39, 0.29) is 5.75 Å². The average Bonchev–Trinajstić information content (AvgIpc) is 2.86. The minimum absolute atomic E-state index is 0.278. The van der Waals surface area contributed by atoms with E-state index in [2.05, 4.69) is 62.2 Å². The molecule has 0 aromatic heterocycles. The summed E-state index contributed by atoms with van der Waals surface area (Å²) < 4.78 is 2.00. The fourth-order valence-corrected chi connectivity index (χ4v) is 4.71. The molecule has 160 valence electrons. The molecule has 0 spiro atoms. The second-order valence-electron chi connectivity index (χ2n) is 7.82. The van der Waals surface area contributed by atoms with Gasteiger partial charge in [-0.15, -0.1) is 0 Å². The molecule has 0 heterocycles. The van der Waals surface area contributed by atoms with Crippen molar-refractivity contribution in [3.63, 3.8) is 0 Å². The predicted molar refractivity (Wildman–Crippen MR) is 145 cm³/mol. The zero-order valence-corrected chi connectivity index (χ0v) is 20.8. The molecule has 0 amide bonds. The second-order valence-corrected chi connectivity index (χ2v) is 9.65. The molecular formula is C30H20Br2O. The van der Waals surface area contributed by atoms with Gasteiger partial charge in [-0.3, -0.25) is 0 Å². The molecule has 0 aliphatic rings. The highest BCUT2D eigenvalue weighted by Crippen LogP contribution is 2.49. The van der Waals surface area contributed by atoms with Gasteiger partial charge < -0.3 is 5.11 Å². The van der Waals surface area contributed by atoms with Crippen LogP contribution in [-0.2, 0) is 0 Å². The molecule has 0 fully saturated rings. The highest BCUT2D eigenvalue weighted by atomic mass is 79.9. The van der Waals surface area contributed by atoms with Crippen LogP contribution in [0, 0.1) is 0 Å². The monoisotopic (exact) mass is 554 g/mol. The Kier molecular flexibility index (Phi) is 6.17. The van der Waals surface area contributed by atoms with Crippen LogP contribution < -0.4 is 0 Å². The Hall–Kier alpha value is -3.14. The first-order valence-corrected chi connectivity index (χ1v) is 12.2. The molecule has 0 unspecified atom stereocenters. The van der Waals surface area contributed by atoms with Crippen LogP contribution in [0.2, 0.25) is 0 Å². The summed E-state index contributed by atoms with van der Waals surface area (Å²) in [7, 11) is 0. The van der Waals surface area contributed by atoms with E-state index in [0.29, 0.717) is 0 Å². The first-order chi connectivity index (χ1) is 16.1. The lowest BCUT2D eigenvalue weighted by Crippen LogP contribution is -1.94. The van der Waals surface area contributed by atoms with Crippen molar-refractivity contribution in [3.8, 4) is 50.3 Å². The van der Waals surface area contributed by atoms with E-state index in [9.17, 15) is 5.11 Å². The van der Waals surface area contributed by atoms with Crippen LogP contribution >= 0.6 is 31.9 Å². The Morgan fingerprint density at radius 3 is 1.15 bits per heavy atom. The Bertz CT molecular complexity index is 1290. The smallest absolute Gasteiger partial charge is 0.132 e. The summed E-state index contributed by atoms with van der Waals surface area (Å²) in [6, 6.07) is 38.9. The molecule has 0 radical (unpaired) electrons. The first-order valence-electron chi connectivity index (χ1n) is 10.6. The van der Waals surface area contributed by atoms with Crippen molar-refractivity contribution in [2.24, 2.45) is 0 Å². The highest BCUT2D eigenvalue weighted by molar-refractivity contribution is 9.10. The van der Waals surface area contributed by atoms with Crippen LogP contribution in [0.1, 0.15) is 0 Å². The molecule has 5 aromatic rings. The zero-order chi connectivity index (χ0) is 22.8. The molecule has 0 saturated carbocycles. The van der Waals surface area contributed by atoms with Crippen molar-refractivity contribution < 1.29 is 5.11 Å². The molecule has 33 heavy (non-hydrogen) atoms. The first kappa shape index (κ1) is 21.7. The Labute approximate surface area is 210 Å². The highest BCUT2D eigenvalue weighted by Gasteiger charge is 2.22. The number of hydrogen-bond donors (Lipinski definition) is 1. The minimum Gasteiger partial charge on any atom is -0.507 e. The summed E-state index contributed by atoms with van der Waals surface area (Å²) in [5.41, 5.74) is 7.69. The fraction of sp³-hybridized carbons (Fsp3) is 0. The van der Waals surface area contributed by atoms with Crippen LogP contribution in [0.4, 0.5) is 0 Å². The molecule has 1 N–H and O–H groups in total. The number of hydrogen-bond acceptors (Lipinski definition) is 1. The van der Waals surface area contributed by atoms with Gasteiger partial charge in [0.1, 0.15) is 5.75 Å². The van der Waals surface area contributed by atoms with E-state index < -0.39 is 0 Å². The van der Waals surface area contributed by atoms with Crippen LogP contribution in [0.25, 0.3) is 44.5 Å². The van der Waals surface area contributed by atoms with E-state index in [0.717, 1.165) is 53.5 Å². The number of halogens is 2. The molecule has 5 aromatic carbocycles. The molecule has 0 bridgehead atoms. The molecule has 5 rings (SSSR count). The van der Waals surface area contributed by atoms with Crippen molar-refractivity contribution in [2.45, 2.75) is 0 Å². The quantitative estimate of drug-likeness (QED) is 0.234. The van der Waals surface area contributed by atoms with Crippen LogP contribution in [-0.4, -0.2) is 5.11 Å². The van der Waals surface area contributed by atoms with Gasteiger partial charge in [0.2, 0.25) is 0 Å². The van der Waals surface area contributed by atoms with E-state index in [1.165, 1.54) is 0 Å². The number of phenolic OH excluding ortho intramolecular Hbond substituents is 1. The largest absolute Gasteiger partial charge is 0.507 e. The van der Waals surface area contributed by atoms with E-state index in [1.807, 2.05) is 84.9 Å². The van der Waals surface area contributed by atoms with Crippen LogP contribution in [0.3, 0.4) is 0 Å². The van der Waals surface area contributed by atoms with Gasteiger partial charge in [-0.25, -0.2) is 0 Å². The lowest BCUT2D eigenvalue weighted by Gasteiger charge is -2.21. The SMILES string of the molecule is Oc1c(-c2ccc(Br)cc2)c(-c2ccccc2)cc(-c2ccccc2)c1-c1ccc(Br)cc1. The molecule has 0 aliphatic carbocycles. The Balaban J connectivity index is 1.89. The summed E-state index contributed by atoms with van der Waals surface area (Å²) in [5, 5.41) is 11.9. The maximum Gasteiger partial charge on any atom is 0.132 e. The van der Waals surface area contributed by atoms with Gasteiger partial charge in [0.05, 0.1) is 0 Å². The number of rotatable bonds is 4. The molecule has 0 saturated heterocycles. The third-order valence-corrected chi connectivity index (χ3v) is 6.79. The van der Waals surface area contributed by atoms with Crippen LogP contribution in [0.15, 0.2) is 124 Å². The van der Waals surface area contributed by atoms with E-state index >= 15 is 0 Å². The average molecular weight is 556 g/mol. The summed E-state index contributed by atoms with van der Waals surface area (Å²) in [5.74, 6) is 0.278. The summed E-state index contributed by atoms with van der Waals surface area (Å²) in [6.45, 7) is 0. The van der Waals surface area contributed by atoms with Gasteiger partial charge >= 0.3 is 0 Å². The molecule has 0 aliphatic heterocycles. The van der Waals surface area contributed by atoms with Crippen molar-refractivity contribution in [2.75, 3.05) is 0 Å². The van der Waals surface area contributed by atoms with Crippen LogP contribution in [0.5, 0.6) is 5.75 Å². The van der Waals surface area contributed by atoms with Crippen molar-refractivity contribution in [1.29, 1.82) is 0 Å². The third-order valence-electron chi connectivity index (χ3n) is 5.74. The van der Waals surface area contributed by atoms with Crippen molar-refractivity contribution in [3.05, 3.63) is 124 Å². The predicted octanol–water partition coefficient (Wildman–Crippen LogP) is 9.59. The van der Waals surface area contributed by atoms with Gasteiger partial charge in [-0.1, -0.05) is 117 Å². The van der Waals surface area contributed by atoms with E-state index in [1.54, 1.807) is 0 Å². The summed E-state index contributed by atoms with van der Waals surface area (Å²) in [6.07, 6.45) is 0. The third kappa shape index (κ3) is 4.39. The number of aromatic hydroxyl groups is 1. The van der Waals surface area contributed by atoms with Gasteiger partial charge in [-0.2, -0.15) is 0 Å². The van der Waals surface area contributed by atoms with Gasteiger partial charge in [0, 0.05) is 20.1 Å². The molecule has 0 atom stereocenters. The maximum absolute atomic E-state index is 11.9.